The second kappa shape index (κ2) is 4.45. The fraction of sp³-hybridized carbons (Fsp3) is 1.00. The summed E-state index contributed by atoms with van der Waals surface area (Å²) in [6.45, 7) is 12.1. The number of hydrogen-bond acceptors (Lipinski definition) is 1. The van der Waals surface area contributed by atoms with Gasteiger partial charge in [-0.25, -0.2) is 0 Å². The van der Waals surface area contributed by atoms with E-state index < -0.39 is 0 Å². The molecule has 0 aromatic heterocycles. The van der Waals surface area contributed by atoms with Crippen molar-refractivity contribution in [3.8, 4) is 0 Å². The lowest BCUT2D eigenvalue weighted by Crippen LogP contribution is -2.39. The molecule has 1 atom stereocenters. The van der Waals surface area contributed by atoms with Gasteiger partial charge in [-0.05, 0) is 37.8 Å². The number of unbranched alkanes of at least 4 members (excludes halogenated alkanes) is 1. The van der Waals surface area contributed by atoms with Gasteiger partial charge in [-0.1, -0.05) is 34.1 Å². The Hall–Kier alpha value is -0.0400. The van der Waals surface area contributed by atoms with E-state index in [1.54, 1.807) is 0 Å². The third-order valence-electron chi connectivity index (χ3n) is 3.16. The minimum absolute atomic E-state index is 0.476. The van der Waals surface area contributed by atoms with Crippen molar-refractivity contribution >= 4 is 0 Å². The molecule has 1 heteroatoms. The molecule has 1 aliphatic rings. The zero-order valence-electron chi connectivity index (χ0n) is 9.77. The number of rotatable bonds is 3. The molecule has 13 heavy (non-hydrogen) atoms. The maximum atomic E-state index is 2.70. The molecule has 0 saturated carbocycles. The molecule has 0 spiro atoms. The molecule has 1 nitrogen and oxygen atoms in total. The van der Waals surface area contributed by atoms with Gasteiger partial charge >= 0.3 is 0 Å². The second-order valence-corrected chi connectivity index (χ2v) is 5.41. The van der Waals surface area contributed by atoms with Crippen molar-refractivity contribution in [3.63, 3.8) is 0 Å². The van der Waals surface area contributed by atoms with Gasteiger partial charge in [0.25, 0.3) is 0 Å². The van der Waals surface area contributed by atoms with Crippen molar-refractivity contribution in [2.24, 2.45) is 5.41 Å². The van der Waals surface area contributed by atoms with Crippen molar-refractivity contribution < 1.29 is 0 Å². The maximum Gasteiger partial charge on any atom is 0.0144 e. The van der Waals surface area contributed by atoms with Crippen LogP contribution in [0.1, 0.15) is 53.4 Å². The fourth-order valence-electron chi connectivity index (χ4n) is 2.44. The van der Waals surface area contributed by atoms with Crippen molar-refractivity contribution in [1.29, 1.82) is 0 Å². The van der Waals surface area contributed by atoms with Crippen LogP contribution < -0.4 is 0 Å². The van der Waals surface area contributed by atoms with Gasteiger partial charge in [0, 0.05) is 6.04 Å². The molecule has 1 heterocycles. The smallest absolute Gasteiger partial charge is 0.0144 e. The Morgan fingerprint density at radius 2 is 2.00 bits per heavy atom. The number of hydrogen-bond donors (Lipinski definition) is 0. The molecule has 1 aliphatic heterocycles. The summed E-state index contributed by atoms with van der Waals surface area (Å²) in [6, 6.07) is 0.832. The zero-order chi connectivity index (χ0) is 9.90. The van der Waals surface area contributed by atoms with Gasteiger partial charge in [0.2, 0.25) is 0 Å². The molecule has 0 aliphatic carbocycles. The summed E-state index contributed by atoms with van der Waals surface area (Å²) < 4.78 is 0. The van der Waals surface area contributed by atoms with Crippen molar-refractivity contribution in [3.05, 3.63) is 0 Å². The molecule has 0 aromatic carbocycles. The molecule has 0 bridgehead atoms. The molecule has 1 fully saturated rings. The summed E-state index contributed by atoms with van der Waals surface area (Å²) in [4.78, 5) is 2.70. The molecule has 0 aromatic rings. The maximum absolute atomic E-state index is 2.70. The van der Waals surface area contributed by atoms with E-state index in [-0.39, 0.29) is 0 Å². The van der Waals surface area contributed by atoms with Gasteiger partial charge in [0.05, 0.1) is 0 Å². The van der Waals surface area contributed by atoms with E-state index in [1.807, 2.05) is 0 Å². The highest BCUT2D eigenvalue weighted by molar-refractivity contribution is 4.87. The summed E-state index contributed by atoms with van der Waals surface area (Å²) in [5.74, 6) is 0. The minimum Gasteiger partial charge on any atom is -0.300 e. The van der Waals surface area contributed by atoms with E-state index in [9.17, 15) is 0 Å². The highest BCUT2D eigenvalue weighted by Gasteiger charge is 2.33. The van der Waals surface area contributed by atoms with Gasteiger partial charge < -0.3 is 0 Å². The van der Waals surface area contributed by atoms with E-state index in [4.69, 9.17) is 0 Å². The first-order valence-electron chi connectivity index (χ1n) is 5.79. The zero-order valence-corrected chi connectivity index (χ0v) is 9.77. The van der Waals surface area contributed by atoms with Gasteiger partial charge in [-0.15, -0.1) is 0 Å². The third-order valence-corrected chi connectivity index (χ3v) is 3.16. The summed E-state index contributed by atoms with van der Waals surface area (Å²) in [6.07, 6.45) is 5.51. The fourth-order valence-corrected chi connectivity index (χ4v) is 2.44. The van der Waals surface area contributed by atoms with Crippen LogP contribution in [0.2, 0.25) is 0 Å². The summed E-state index contributed by atoms with van der Waals surface area (Å²) >= 11 is 0. The van der Waals surface area contributed by atoms with Gasteiger partial charge in [0.1, 0.15) is 0 Å². The Morgan fingerprint density at radius 3 is 2.54 bits per heavy atom. The topological polar surface area (TPSA) is 3.24 Å². The lowest BCUT2D eigenvalue weighted by atomic mass is 9.85. The van der Waals surface area contributed by atoms with Gasteiger partial charge in [-0.3, -0.25) is 4.90 Å². The monoisotopic (exact) mass is 183 g/mol. The third kappa shape index (κ3) is 2.98. The summed E-state index contributed by atoms with van der Waals surface area (Å²) in [7, 11) is 0. The first-order chi connectivity index (χ1) is 6.05. The van der Waals surface area contributed by atoms with Crippen molar-refractivity contribution in [1.82, 2.24) is 4.90 Å². The molecule has 1 saturated heterocycles. The Bertz CT molecular complexity index is 146. The Kier molecular flexibility index (Phi) is 3.78. The van der Waals surface area contributed by atoms with Crippen LogP contribution in [0.5, 0.6) is 0 Å². The predicted molar refractivity (Wildman–Crippen MR) is 59.0 cm³/mol. The lowest BCUT2D eigenvalue weighted by molar-refractivity contribution is 0.139. The van der Waals surface area contributed by atoms with E-state index in [1.165, 1.54) is 38.8 Å². The Balaban J connectivity index is 2.44. The largest absolute Gasteiger partial charge is 0.300 e. The van der Waals surface area contributed by atoms with Gasteiger partial charge in [-0.2, -0.15) is 0 Å². The number of nitrogens with zero attached hydrogens (tertiary/aromatic N) is 1. The number of likely N-dealkylation sites (tertiary alicyclic amines) is 1. The molecule has 0 radical (unpaired) electrons. The van der Waals surface area contributed by atoms with Crippen LogP contribution in [0.3, 0.4) is 0 Å². The van der Waals surface area contributed by atoms with Crippen molar-refractivity contribution in [2.75, 3.05) is 13.1 Å². The van der Waals surface area contributed by atoms with Crippen LogP contribution >= 0.6 is 0 Å². The average molecular weight is 183 g/mol. The van der Waals surface area contributed by atoms with Crippen LogP contribution in [0.25, 0.3) is 0 Å². The normalized spacial score (nSPS) is 25.4. The van der Waals surface area contributed by atoms with Crippen LogP contribution in [0, 0.1) is 5.41 Å². The first kappa shape index (κ1) is 11.0. The Morgan fingerprint density at radius 1 is 1.31 bits per heavy atom. The Labute approximate surface area is 83.5 Å². The highest BCUT2D eigenvalue weighted by Crippen LogP contribution is 2.32. The second-order valence-electron chi connectivity index (χ2n) is 5.41. The lowest BCUT2D eigenvalue weighted by Gasteiger charge is -2.35. The standard InChI is InChI=1S/C12H25N/c1-5-6-9-13-10-7-8-11(13)12(2,3)4/h11H,5-10H2,1-4H3/t11-/m0/s1. The molecule has 0 N–H and O–H groups in total. The van der Waals surface area contributed by atoms with Gasteiger partial charge in [0.15, 0.2) is 0 Å². The highest BCUT2D eigenvalue weighted by atomic mass is 15.2. The van der Waals surface area contributed by atoms with Crippen LogP contribution in [0.4, 0.5) is 0 Å². The summed E-state index contributed by atoms with van der Waals surface area (Å²) in [5, 5.41) is 0. The molecule has 0 unspecified atom stereocenters. The molecule has 78 valence electrons. The van der Waals surface area contributed by atoms with Crippen LogP contribution in [-0.2, 0) is 0 Å². The molecular formula is C12H25N. The molecule has 0 amide bonds. The molecule has 1 rings (SSSR count). The van der Waals surface area contributed by atoms with E-state index >= 15 is 0 Å². The SMILES string of the molecule is CCCCN1CCC[C@H]1C(C)(C)C. The molecular weight excluding hydrogens is 158 g/mol. The van der Waals surface area contributed by atoms with E-state index in [0.29, 0.717) is 5.41 Å². The van der Waals surface area contributed by atoms with Crippen molar-refractivity contribution in [2.45, 2.75) is 59.4 Å². The summed E-state index contributed by atoms with van der Waals surface area (Å²) in [5.41, 5.74) is 0.476. The first-order valence-corrected chi connectivity index (χ1v) is 5.79. The van der Waals surface area contributed by atoms with Crippen LogP contribution in [-0.4, -0.2) is 24.0 Å². The van der Waals surface area contributed by atoms with E-state index in [0.717, 1.165) is 6.04 Å². The van der Waals surface area contributed by atoms with Crippen LogP contribution in [0.15, 0.2) is 0 Å². The quantitative estimate of drug-likeness (QED) is 0.649. The minimum atomic E-state index is 0.476. The predicted octanol–water partition coefficient (Wildman–Crippen LogP) is 3.30. The average Bonchev–Trinajstić information content (AvgIpc) is 2.47. The van der Waals surface area contributed by atoms with E-state index in [2.05, 4.69) is 32.6 Å².